The lowest BCUT2D eigenvalue weighted by Crippen LogP contribution is -2.01. The first-order valence-corrected chi connectivity index (χ1v) is 3.13. The number of hydrogen-bond donors (Lipinski definition) is 1. The van der Waals surface area contributed by atoms with Crippen LogP contribution in [0.15, 0.2) is 18.9 Å². The SMILES string of the molecule is C=CC.[B]c1cnc([N+](=O)[O-])[nH]1. The van der Waals surface area contributed by atoms with Crippen molar-refractivity contribution in [3.8, 4) is 0 Å². The Kier molecular flexibility index (Phi) is 4.44. The Morgan fingerprint density at radius 3 is 2.58 bits per heavy atom. The topological polar surface area (TPSA) is 71.8 Å². The summed E-state index contributed by atoms with van der Waals surface area (Å²) in [4.78, 5) is 14.8. The molecule has 0 amide bonds. The van der Waals surface area contributed by atoms with E-state index in [1.807, 2.05) is 6.92 Å². The number of nitrogens with zero attached hydrogens (tertiary/aromatic N) is 2. The number of imidazole rings is 1. The van der Waals surface area contributed by atoms with Gasteiger partial charge >= 0.3 is 5.95 Å². The van der Waals surface area contributed by atoms with Crippen LogP contribution in [0, 0.1) is 10.1 Å². The van der Waals surface area contributed by atoms with Gasteiger partial charge in [-0.15, -0.1) is 6.58 Å². The average Bonchev–Trinajstić information content (AvgIpc) is 2.37. The summed E-state index contributed by atoms with van der Waals surface area (Å²) in [5.74, 6) is -0.326. The molecular formula is C6H8BN3O2. The monoisotopic (exact) mass is 165 g/mol. The van der Waals surface area contributed by atoms with Crippen molar-refractivity contribution in [3.05, 3.63) is 29.0 Å². The molecule has 0 aliphatic rings. The first-order chi connectivity index (χ1) is 5.61. The summed E-state index contributed by atoms with van der Waals surface area (Å²) in [6, 6.07) is 0. The van der Waals surface area contributed by atoms with E-state index >= 15 is 0 Å². The van der Waals surface area contributed by atoms with E-state index in [0.29, 0.717) is 0 Å². The van der Waals surface area contributed by atoms with Crippen molar-refractivity contribution in [2.24, 2.45) is 0 Å². The van der Waals surface area contributed by atoms with Gasteiger partial charge < -0.3 is 10.1 Å². The Balaban J connectivity index is 0.000000354. The molecule has 0 saturated carbocycles. The molecule has 0 aliphatic carbocycles. The molecule has 1 heterocycles. The summed E-state index contributed by atoms with van der Waals surface area (Å²) < 4.78 is 0. The van der Waals surface area contributed by atoms with Crippen LogP contribution in [0.2, 0.25) is 0 Å². The molecule has 0 aromatic carbocycles. The fourth-order valence-electron chi connectivity index (χ4n) is 0.417. The highest BCUT2D eigenvalue weighted by atomic mass is 16.6. The second kappa shape index (κ2) is 5.12. The number of nitrogens with one attached hydrogen (secondary N) is 1. The molecular weight excluding hydrogens is 157 g/mol. The normalized spacial score (nSPS) is 8.08. The van der Waals surface area contributed by atoms with Crippen molar-refractivity contribution in [1.82, 2.24) is 9.97 Å². The molecule has 0 unspecified atom stereocenters. The molecule has 0 fully saturated rings. The van der Waals surface area contributed by atoms with Gasteiger partial charge in [0.25, 0.3) is 0 Å². The summed E-state index contributed by atoms with van der Waals surface area (Å²) in [6.07, 6.45) is 2.94. The van der Waals surface area contributed by atoms with E-state index in [9.17, 15) is 10.1 Å². The maximum atomic E-state index is 9.87. The molecule has 62 valence electrons. The molecule has 2 radical (unpaired) electrons. The van der Waals surface area contributed by atoms with Crippen LogP contribution in [0.3, 0.4) is 0 Å². The Bertz CT molecular complexity index is 272. The minimum atomic E-state index is -0.643. The van der Waals surface area contributed by atoms with Crippen molar-refractivity contribution in [3.63, 3.8) is 0 Å². The number of aromatic nitrogens is 2. The molecule has 1 rings (SSSR count). The summed E-state index contributed by atoms with van der Waals surface area (Å²) in [5.41, 5.74) is 0.196. The van der Waals surface area contributed by atoms with Crippen LogP contribution in [0.4, 0.5) is 5.95 Å². The van der Waals surface area contributed by atoms with E-state index in [1.165, 1.54) is 6.20 Å². The number of rotatable bonds is 1. The van der Waals surface area contributed by atoms with E-state index in [0.717, 1.165) is 0 Å². The van der Waals surface area contributed by atoms with Crippen molar-refractivity contribution in [2.45, 2.75) is 6.92 Å². The molecule has 1 N–H and O–H groups in total. The maximum absolute atomic E-state index is 9.87. The van der Waals surface area contributed by atoms with Gasteiger partial charge in [-0.3, -0.25) is 4.98 Å². The average molecular weight is 165 g/mol. The molecule has 0 bridgehead atoms. The zero-order chi connectivity index (χ0) is 9.56. The van der Waals surface area contributed by atoms with E-state index < -0.39 is 4.92 Å². The van der Waals surface area contributed by atoms with Gasteiger partial charge in [0.05, 0.1) is 5.59 Å². The number of allylic oxidation sites excluding steroid dienone is 1. The minimum absolute atomic E-state index is 0.196. The van der Waals surface area contributed by atoms with E-state index in [4.69, 9.17) is 7.85 Å². The zero-order valence-corrected chi connectivity index (χ0v) is 6.65. The van der Waals surface area contributed by atoms with Gasteiger partial charge in [0.1, 0.15) is 6.20 Å². The molecule has 1 aromatic heterocycles. The van der Waals surface area contributed by atoms with Gasteiger partial charge in [0.2, 0.25) is 0 Å². The van der Waals surface area contributed by atoms with Gasteiger partial charge in [-0.2, -0.15) is 0 Å². The zero-order valence-electron chi connectivity index (χ0n) is 6.65. The highest BCUT2D eigenvalue weighted by Gasteiger charge is 2.05. The number of nitro groups is 1. The fourth-order valence-corrected chi connectivity index (χ4v) is 0.417. The van der Waals surface area contributed by atoms with Crippen LogP contribution in [0.1, 0.15) is 6.92 Å². The number of H-pyrrole nitrogens is 1. The van der Waals surface area contributed by atoms with E-state index in [2.05, 4.69) is 16.5 Å². The molecule has 1 aromatic rings. The summed E-state index contributed by atoms with van der Waals surface area (Å²) in [5, 5.41) is 9.87. The highest BCUT2D eigenvalue weighted by Crippen LogP contribution is 1.94. The second-order valence-electron chi connectivity index (χ2n) is 1.83. The van der Waals surface area contributed by atoms with Crippen LogP contribution in [0.5, 0.6) is 0 Å². The number of hydrogen-bond acceptors (Lipinski definition) is 3. The quantitative estimate of drug-likeness (QED) is 0.281. The first-order valence-electron chi connectivity index (χ1n) is 3.13. The predicted molar refractivity (Wildman–Crippen MR) is 46.5 cm³/mol. The molecule has 0 saturated heterocycles. The summed E-state index contributed by atoms with van der Waals surface area (Å²) in [6.45, 7) is 5.25. The fraction of sp³-hybridized carbons (Fsp3) is 0.167. The van der Waals surface area contributed by atoms with Gasteiger partial charge in [-0.25, -0.2) is 0 Å². The van der Waals surface area contributed by atoms with Crippen LogP contribution >= 0.6 is 0 Å². The standard InChI is InChI=1S/C3H2BN3O2.C3H6/c4-2-1-5-3(6-2)7(8)9;1-3-2/h1H,(H,5,6);3H,1H2,2H3. The Hall–Kier alpha value is -1.59. The third-order valence-electron chi connectivity index (χ3n) is 0.755. The summed E-state index contributed by atoms with van der Waals surface area (Å²) in [7, 11) is 5.09. The lowest BCUT2D eigenvalue weighted by molar-refractivity contribution is -0.393. The lowest BCUT2D eigenvalue weighted by Gasteiger charge is -1.84. The van der Waals surface area contributed by atoms with Crippen molar-refractivity contribution in [1.29, 1.82) is 0 Å². The number of aromatic amines is 1. The van der Waals surface area contributed by atoms with Gasteiger partial charge in [0.15, 0.2) is 7.85 Å². The van der Waals surface area contributed by atoms with Crippen LogP contribution in [0.25, 0.3) is 0 Å². The molecule has 0 atom stereocenters. The van der Waals surface area contributed by atoms with E-state index in [-0.39, 0.29) is 11.5 Å². The third kappa shape index (κ3) is 3.55. The largest absolute Gasteiger partial charge is 0.431 e. The third-order valence-corrected chi connectivity index (χ3v) is 0.755. The highest BCUT2D eigenvalue weighted by molar-refractivity contribution is 6.30. The second-order valence-corrected chi connectivity index (χ2v) is 1.83. The smallest absolute Gasteiger partial charge is 0.390 e. The maximum Gasteiger partial charge on any atom is 0.431 e. The Labute approximate surface area is 71.1 Å². The van der Waals surface area contributed by atoms with Gasteiger partial charge in [-0.1, -0.05) is 11.1 Å². The predicted octanol–water partition coefficient (Wildman–Crippen LogP) is 0.304. The molecule has 0 aliphatic heterocycles. The van der Waals surface area contributed by atoms with Crippen molar-refractivity contribution < 1.29 is 4.92 Å². The summed E-state index contributed by atoms with van der Waals surface area (Å²) >= 11 is 0. The van der Waals surface area contributed by atoms with Gasteiger partial charge in [0, 0.05) is 0 Å². The van der Waals surface area contributed by atoms with Crippen molar-refractivity contribution in [2.75, 3.05) is 0 Å². The minimum Gasteiger partial charge on any atom is -0.390 e. The molecule has 6 heteroatoms. The van der Waals surface area contributed by atoms with E-state index in [1.54, 1.807) is 6.08 Å². The molecule has 12 heavy (non-hydrogen) atoms. The Morgan fingerprint density at radius 1 is 1.92 bits per heavy atom. The van der Waals surface area contributed by atoms with Gasteiger partial charge in [-0.05, 0) is 11.8 Å². The molecule has 0 spiro atoms. The van der Waals surface area contributed by atoms with Crippen LogP contribution < -0.4 is 5.59 Å². The van der Waals surface area contributed by atoms with Crippen LogP contribution in [-0.2, 0) is 0 Å². The lowest BCUT2D eigenvalue weighted by atomic mass is 10.1. The molecule has 5 nitrogen and oxygen atoms in total. The van der Waals surface area contributed by atoms with Crippen molar-refractivity contribution >= 4 is 19.4 Å². The Morgan fingerprint density at radius 2 is 2.42 bits per heavy atom. The first kappa shape index (κ1) is 10.4. The van der Waals surface area contributed by atoms with Crippen LogP contribution in [-0.4, -0.2) is 22.7 Å².